The molecule has 8 heteroatoms. The van der Waals surface area contributed by atoms with Gasteiger partial charge in [-0.1, -0.05) is 18.2 Å². The number of esters is 1. The summed E-state index contributed by atoms with van der Waals surface area (Å²) < 4.78 is 16.2. The van der Waals surface area contributed by atoms with Crippen LogP contribution in [0, 0.1) is 0 Å². The van der Waals surface area contributed by atoms with E-state index in [0.717, 1.165) is 4.90 Å². The number of hydrogen-bond donors (Lipinski definition) is 1. The number of nitrogens with zero attached hydrogens (tertiary/aromatic N) is 1. The lowest BCUT2D eigenvalue weighted by molar-refractivity contribution is -0.133. The third kappa shape index (κ3) is 2.90. The zero-order valence-electron chi connectivity index (χ0n) is 15.6. The van der Waals surface area contributed by atoms with Gasteiger partial charge in [0.25, 0.3) is 5.91 Å². The average molecular weight is 384 g/mol. The maximum absolute atomic E-state index is 13.2. The fourth-order valence-electron chi connectivity index (χ4n) is 3.52. The molecule has 4 rings (SSSR count). The van der Waals surface area contributed by atoms with Crippen LogP contribution < -0.4 is 10.1 Å². The molecule has 3 amide bonds. The lowest BCUT2D eigenvalue weighted by atomic mass is 9.84. The highest BCUT2D eigenvalue weighted by molar-refractivity contribution is 6.07. The fourth-order valence-corrected chi connectivity index (χ4v) is 3.52. The molecule has 1 spiro atoms. The molecule has 0 unspecified atom stereocenters. The number of benzene rings is 1. The van der Waals surface area contributed by atoms with E-state index in [1.54, 1.807) is 38.1 Å². The number of carbonyl (C=O) groups excluding carboxylic acids is 3. The molecule has 3 heterocycles. The Bertz CT molecular complexity index is 950. The van der Waals surface area contributed by atoms with Gasteiger partial charge in [-0.15, -0.1) is 0 Å². The summed E-state index contributed by atoms with van der Waals surface area (Å²) >= 11 is 0. The van der Waals surface area contributed by atoms with Gasteiger partial charge in [0.1, 0.15) is 11.5 Å². The SMILES string of the molecule is CC(C)OC(=O)c1ccc(CN2C(=O)N[C@@]3(CCOc4ccccc43)C2=O)o1. The van der Waals surface area contributed by atoms with E-state index >= 15 is 0 Å². The summed E-state index contributed by atoms with van der Waals surface area (Å²) in [6.07, 6.45) is 0.0651. The van der Waals surface area contributed by atoms with Crippen LogP contribution in [0.2, 0.25) is 0 Å². The van der Waals surface area contributed by atoms with Crippen molar-refractivity contribution in [2.45, 2.75) is 38.5 Å². The third-order valence-electron chi connectivity index (χ3n) is 4.78. The highest BCUT2D eigenvalue weighted by Crippen LogP contribution is 2.41. The molecule has 146 valence electrons. The van der Waals surface area contributed by atoms with E-state index in [9.17, 15) is 14.4 Å². The molecular weight excluding hydrogens is 364 g/mol. The van der Waals surface area contributed by atoms with Crippen LogP contribution in [0.25, 0.3) is 0 Å². The van der Waals surface area contributed by atoms with Gasteiger partial charge in [-0.25, -0.2) is 9.59 Å². The van der Waals surface area contributed by atoms with Crippen molar-refractivity contribution in [2.24, 2.45) is 0 Å². The number of fused-ring (bicyclic) bond motifs is 2. The van der Waals surface area contributed by atoms with Gasteiger partial charge >= 0.3 is 12.0 Å². The molecule has 28 heavy (non-hydrogen) atoms. The van der Waals surface area contributed by atoms with Gasteiger partial charge in [-0.05, 0) is 32.0 Å². The molecule has 0 aliphatic carbocycles. The topological polar surface area (TPSA) is 98.1 Å². The lowest BCUT2D eigenvalue weighted by Crippen LogP contribution is -2.47. The smallest absolute Gasteiger partial charge is 0.374 e. The predicted molar refractivity (Wildman–Crippen MR) is 96.6 cm³/mol. The number of rotatable bonds is 4. The van der Waals surface area contributed by atoms with Crippen molar-refractivity contribution < 1.29 is 28.3 Å². The van der Waals surface area contributed by atoms with Crippen LogP contribution in [0.3, 0.4) is 0 Å². The Balaban J connectivity index is 1.57. The third-order valence-corrected chi connectivity index (χ3v) is 4.78. The summed E-state index contributed by atoms with van der Waals surface area (Å²) in [4.78, 5) is 38.8. The number of ether oxygens (including phenoxy) is 2. The summed E-state index contributed by atoms with van der Waals surface area (Å²) in [5, 5.41) is 2.83. The summed E-state index contributed by atoms with van der Waals surface area (Å²) in [6.45, 7) is 3.72. The Hall–Kier alpha value is -3.29. The molecule has 0 bridgehead atoms. The van der Waals surface area contributed by atoms with E-state index in [1.165, 1.54) is 6.07 Å². The Labute approximate surface area is 161 Å². The van der Waals surface area contributed by atoms with Gasteiger partial charge < -0.3 is 19.2 Å². The van der Waals surface area contributed by atoms with Crippen molar-refractivity contribution in [3.63, 3.8) is 0 Å². The second-order valence-corrected chi connectivity index (χ2v) is 7.04. The van der Waals surface area contributed by atoms with Gasteiger partial charge in [0, 0.05) is 12.0 Å². The molecule has 1 saturated heterocycles. The van der Waals surface area contributed by atoms with Crippen molar-refractivity contribution in [3.05, 3.63) is 53.5 Å². The van der Waals surface area contributed by atoms with Gasteiger partial charge in [-0.3, -0.25) is 9.69 Å². The van der Waals surface area contributed by atoms with E-state index in [2.05, 4.69) is 5.32 Å². The van der Waals surface area contributed by atoms with Crippen LogP contribution in [0.1, 0.15) is 42.1 Å². The zero-order valence-corrected chi connectivity index (χ0v) is 15.6. The minimum Gasteiger partial charge on any atom is -0.493 e. The molecule has 2 aliphatic heterocycles. The summed E-state index contributed by atoms with van der Waals surface area (Å²) in [5.41, 5.74) is -0.500. The van der Waals surface area contributed by atoms with Gasteiger partial charge in [0.2, 0.25) is 5.76 Å². The Kier molecular flexibility index (Phi) is 4.33. The Morgan fingerprint density at radius 3 is 2.82 bits per heavy atom. The summed E-state index contributed by atoms with van der Waals surface area (Å²) in [7, 11) is 0. The molecule has 1 fully saturated rings. The van der Waals surface area contributed by atoms with Gasteiger partial charge in [0.15, 0.2) is 5.54 Å². The number of hydrogen-bond acceptors (Lipinski definition) is 6. The van der Waals surface area contributed by atoms with Gasteiger partial charge in [0.05, 0.1) is 19.3 Å². The molecule has 1 atom stereocenters. The molecule has 2 aliphatic rings. The number of urea groups is 1. The van der Waals surface area contributed by atoms with Crippen LogP contribution in [-0.4, -0.2) is 35.5 Å². The molecule has 0 radical (unpaired) electrons. The maximum atomic E-state index is 13.2. The van der Waals surface area contributed by atoms with Gasteiger partial charge in [-0.2, -0.15) is 0 Å². The van der Waals surface area contributed by atoms with E-state index in [-0.39, 0.29) is 24.3 Å². The zero-order chi connectivity index (χ0) is 19.9. The highest BCUT2D eigenvalue weighted by atomic mass is 16.6. The van der Waals surface area contributed by atoms with Crippen molar-refractivity contribution in [2.75, 3.05) is 6.61 Å². The molecule has 1 aromatic carbocycles. The second-order valence-electron chi connectivity index (χ2n) is 7.04. The predicted octanol–water partition coefficient (Wildman–Crippen LogP) is 2.57. The number of amides is 3. The first-order valence-electron chi connectivity index (χ1n) is 9.07. The van der Waals surface area contributed by atoms with E-state index in [0.29, 0.717) is 30.1 Å². The number of nitrogens with one attached hydrogen (secondary N) is 1. The minimum atomic E-state index is -1.14. The Morgan fingerprint density at radius 2 is 2.04 bits per heavy atom. The molecular formula is C20H20N2O6. The second kappa shape index (κ2) is 6.70. The van der Waals surface area contributed by atoms with Crippen molar-refractivity contribution in [3.8, 4) is 5.75 Å². The van der Waals surface area contributed by atoms with Crippen molar-refractivity contribution in [1.29, 1.82) is 0 Å². The van der Waals surface area contributed by atoms with Crippen LogP contribution in [0.5, 0.6) is 5.75 Å². The molecule has 0 saturated carbocycles. The summed E-state index contributed by atoms with van der Waals surface area (Å²) in [6, 6.07) is 9.69. The van der Waals surface area contributed by atoms with Crippen LogP contribution >= 0.6 is 0 Å². The molecule has 2 aromatic rings. The van der Waals surface area contributed by atoms with Crippen LogP contribution in [0.4, 0.5) is 4.79 Å². The number of imide groups is 1. The quantitative estimate of drug-likeness (QED) is 0.643. The monoisotopic (exact) mass is 384 g/mol. The highest BCUT2D eigenvalue weighted by Gasteiger charge is 2.54. The normalized spacial score (nSPS) is 20.9. The van der Waals surface area contributed by atoms with E-state index in [1.807, 2.05) is 6.07 Å². The minimum absolute atomic E-state index is 0.0295. The maximum Gasteiger partial charge on any atom is 0.374 e. The Morgan fingerprint density at radius 1 is 1.25 bits per heavy atom. The first-order valence-corrected chi connectivity index (χ1v) is 9.07. The number of carbonyl (C=O) groups is 3. The first kappa shape index (κ1) is 18.1. The lowest BCUT2D eigenvalue weighted by Gasteiger charge is -2.33. The fraction of sp³-hybridized carbons (Fsp3) is 0.350. The largest absolute Gasteiger partial charge is 0.493 e. The first-order chi connectivity index (χ1) is 13.4. The van der Waals surface area contributed by atoms with Crippen molar-refractivity contribution in [1.82, 2.24) is 10.2 Å². The molecule has 8 nitrogen and oxygen atoms in total. The number of para-hydroxylation sites is 1. The molecule has 1 N–H and O–H groups in total. The van der Waals surface area contributed by atoms with E-state index in [4.69, 9.17) is 13.9 Å². The van der Waals surface area contributed by atoms with Crippen LogP contribution in [0.15, 0.2) is 40.8 Å². The standard InChI is InChI=1S/C20H20N2O6/c1-12(2)27-17(23)16-8-7-13(28-16)11-22-18(24)20(21-19(22)25)9-10-26-15-6-4-3-5-14(15)20/h3-8,12H,9-11H2,1-2H3,(H,21,25)/t20-/m1/s1. The van der Waals surface area contributed by atoms with E-state index < -0.39 is 17.5 Å². The molecule has 1 aromatic heterocycles. The van der Waals surface area contributed by atoms with Crippen LogP contribution in [-0.2, 0) is 21.6 Å². The summed E-state index contributed by atoms with van der Waals surface area (Å²) in [5.74, 6) is -0.0244. The van der Waals surface area contributed by atoms with Crippen molar-refractivity contribution >= 4 is 17.9 Å². The number of furan rings is 1. The average Bonchev–Trinajstić information content (AvgIpc) is 3.22.